The monoisotopic (exact) mass is 656 g/mol. The fourth-order valence-electron chi connectivity index (χ4n) is 5.69. The zero-order chi connectivity index (χ0) is 34.3. The van der Waals surface area contributed by atoms with Crippen molar-refractivity contribution in [2.45, 2.75) is 31.6 Å². The molecule has 3 heterocycles. The first-order valence-electron chi connectivity index (χ1n) is 14.5. The third kappa shape index (κ3) is 5.84. The van der Waals surface area contributed by atoms with Crippen LogP contribution in [0.15, 0.2) is 54.6 Å². The summed E-state index contributed by atoms with van der Waals surface area (Å²) in [6.45, 7) is -1.87. The van der Waals surface area contributed by atoms with Crippen molar-refractivity contribution in [1.29, 1.82) is 0 Å². The van der Waals surface area contributed by atoms with Crippen molar-refractivity contribution in [3.05, 3.63) is 82.4 Å². The topological polar surface area (TPSA) is 211 Å². The van der Waals surface area contributed by atoms with Crippen LogP contribution in [0.3, 0.4) is 0 Å². The molecule has 6 rings (SSSR count). The lowest BCUT2D eigenvalue weighted by molar-refractivity contribution is -0.153. The highest BCUT2D eigenvalue weighted by Crippen LogP contribution is 2.50. The molecule has 0 spiro atoms. The van der Waals surface area contributed by atoms with Crippen LogP contribution in [-0.4, -0.2) is 80.6 Å². The Labute approximate surface area is 270 Å². The maximum absolute atomic E-state index is 13.5. The van der Waals surface area contributed by atoms with E-state index in [0.29, 0.717) is 20.9 Å². The van der Waals surface area contributed by atoms with E-state index in [1.54, 1.807) is 0 Å². The molecule has 3 aliphatic rings. The molecule has 3 aromatic carbocycles. The molecule has 0 bridgehead atoms. The summed E-state index contributed by atoms with van der Waals surface area (Å²) in [4.78, 5) is 100. The molecular weight excluding hydrogens is 632 g/mol. The van der Waals surface area contributed by atoms with Gasteiger partial charge in [0, 0.05) is 54.9 Å². The number of esters is 2. The van der Waals surface area contributed by atoms with E-state index in [9.17, 15) is 48.6 Å². The van der Waals surface area contributed by atoms with Gasteiger partial charge in [0.2, 0.25) is 23.6 Å². The largest absolute Gasteiger partial charge is 0.508 e. The van der Waals surface area contributed by atoms with Crippen molar-refractivity contribution in [3.8, 4) is 23.0 Å². The van der Waals surface area contributed by atoms with Crippen LogP contribution in [0.2, 0.25) is 0 Å². The third-order valence-corrected chi connectivity index (χ3v) is 7.91. The van der Waals surface area contributed by atoms with Crippen LogP contribution < -0.4 is 4.74 Å². The quantitative estimate of drug-likeness (QED) is 0.216. The Hall–Kier alpha value is -6.38. The number of phenols is 2. The molecule has 244 valence electrons. The Morgan fingerprint density at radius 1 is 0.625 bits per heavy atom. The molecule has 15 heteroatoms. The van der Waals surface area contributed by atoms with Crippen molar-refractivity contribution < 1.29 is 62.8 Å². The van der Waals surface area contributed by atoms with E-state index in [1.165, 1.54) is 54.6 Å². The number of benzene rings is 3. The number of imide groups is 6. The molecule has 15 nitrogen and oxygen atoms in total. The molecule has 2 N–H and O–H groups in total. The summed E-state index contributed by atoms with van der Waals surface area (Å²) in [6, 6.07) is 12.0. The van der Waals surface area contributed by atoms with E-state index in [4.69, 9.17) is 14.2 Å². The lowest BCUT2D eigenvalue weighted by atomic mass is 9.80. The number of fused-ring (bicyclic) bond motifs is 2. The molecule has 2 saturated heterocycles. The summed E-state index contributed by atoms with van der Waals surface area (Å²) >= 11 is 0. The summed E-state index contributed by atoms with van der Waals surface area (Å²) in [6.07, 6.45) is -0.577. The maximum Gasteiger partial charge on any atom is 0.338 e. The molecule has 3 aliphatic heterocycles. The van der Waals surface area contributed by atoms with E-state index in [1.807, 2.05) is 0 Å². The number of carbonyl (C=O) groups excluding carboxylic acids is 8. The molecule has 48 heavy (non-hydrogen) atoms. The maximum atomic E-state index is 13.5. The summed E-state index contributed by atoms with van der Waals surface area (Å²) in [5.41, 5.74) is 0.610. The fourth-order valence-corrected chi connectivity index (χ4v) is 5.69. The van der Waals surface area contributed by atoms with Gasteiger partial charge in [-0.3, -0.25) is 28.8 Å². The van der Waals surface area contributed by atoms with Gasteiger partial charge < -0.3 is 24.4 Å². The Bertz CT molecular complexity index is 1880. The van der Waals surface area contributed by atoms with Crippen LogP contribution in [0.4, 0.5) is 0 Å². The second-order valence-corrected chi connectivity index (χ2v) is 11.0. The number of likely N-dealkylation sites (tertiary alicyclic amines) is 2. The van der Waals surface area contributed by atoms with Crippen LogP contribution in [0.1, 0.15) is 69.0 Å². The molecule has 0 saturated carbocycles. The van der Waals surface area contributed by atoms with E-state index in [-0.39, 0.29) is 65.4 Å². The number of amides is 6. The first kappa shape index (κ1) is 31.6. The predicted molar refractivity (Wildman–Crippen MR) is 156 cm³/mol. The van der Waals surface area contributed by atoms with Crippen molar-refractivity contribution in [2.24, 2.45) is 0 Å². The van der Waals surface area contributed by atoms with Crippen molar-refractivity contribution in [3.63, 3.8) is 0 Å². The first-order chi connectivity index (χ1) is 22.9. The molecule has 2 fully saturated rings. The van der Waals surface area contributed by atoms with Gasteiger partial charge >= 0.3 is 11.9 Å². The lowest BCUT2D eigenvalue weighted by Gasteiger charge is -2.30. The lowest BCUT2D eigenvalue weighted by Crippen LogP contribution is -2.38. The second kappa shape index (κ2) is 12.4. The standard InChI is InChI=1S/C33H24N2O13/c36-17-2-5-20-23(12-17)48-24-13-18(37)3-6-21(24)31(20)22-11-16(32(44)46-14-29(42)34-25(38)7-8-26(34)39)1-4-19(22)33(45)47-15-30(43)35-27(40)9-10-28(35)41/h1-6,11-13,31,36-37H,7-10,14-15H2. The fraction of sp³-hybridized carbons (Fsp3) is 0.212. The second-order valence-electron chi connectivity index (χ2n) is 11.0. The Morgan fingerprint density at radius 2 is 1.08 bits per heavy atom. The number of hydrogen-bond acceptors (Lipinski definition) is 13. The van der Waals surface area contributed by atoms with Crippen LogP contribution >= 0.6 is 0 Å². The average molecular weight is 657 g/mol. The SMILES string of the molecule is O=C(OCC(=O)N1C(=O)CCC1=O)c1ccc(C(=O)OCC(=O)N2C(=O)CCC2=O)c(C2c3ccc(O)cc3Oc3cc(O)ccc32)c1. The first-order valence-corrected chi connectivity index (χ1v) is 14.5. The molecule has 0 unspecified atom stereocenters. The smallest absolute Gasteiger partial charge is 0.338 e. The third-order valence-electron chi connectivity index (χ3n) is 7.91. The predicted octanol–water partition coefficient (Wildman–Crippen LogP) is 2.05. The molecule has 6 amide bonds. The summed E-state index contributed by atoms with van der Waals surface area (Å²) < 4.78 is 16.3. The molecule has 0 radical (unpaired) electrons. The minimum absolute atomic E-state index is 0.105. The van der Waals surface area contributed by atoms with Gasteiger partial charge in [0.1, 0.15) is 23.0 Å². The van der Waals surface area contributed by atoms with Crippen molar-refractivity contribution in [1.82, 2.24) is 9.80 Å². The number of nitrogens with zero attached hydrogens (tertiary/aromatic N) is 2. The molecule has 0 aliphatic carbocycles. The minimum Gasteiger partial charge on any atom is -0.508 e. The number of ether oxygens (including phenoxy) is 3. The van der Waals surface area contributed by atoms with Gasteiger partial charge in [0.15, 0.2) is 13.2 Å². The summed E-state index contributed by atoms with van der Waals surface area (Å²) in [5.74, 6) is -7.96. The highest BCUT2D eigenvalue weighted by Gasteiger charge is 2.37. The molecule has 0 atom stereocenters. The van der Waals surface area contributed by atoms with E-state index in [0.717, 1.165) is 0 Å². The number of carbonyl (C=O) groups is 8. The normalized spacial score (nSPS) is 15.6. The summed E-state index contributed by atoms with van der Waals surface area (Å²) in [5, 5.41) is 20.3. The number of phenolic OH excluding ortho intramolecular Hbond substituents is 2. The molecule has 3 aromatic rings. The van der Waals surface area contributed by atoms with E-state index in [2.05, 4.69) is 0 Å². The van der Waals surface area contributed by atoms with Gasteiger partial charge in [0.05, 0.1) is 11.1 Å². The number of aromatic hydroxyl groups is 2. The van der Waals surface area contributed by atoms with Crippen LogP contribution in [0.5, 0.6) is 23.0 Å². The number of hydrogen-bond donors (Lipinski definition) is 2. The van der Waals surface area contributed by atoms with Crippen molar-refractivity contribution in [2.75, 3.05) is 13.2 Å². The highest BCUT2D eigenvalue weighted by atomic mass is 16.5. The highest BCUT2D eigenvalue weighted by molar-refractivity contribution is 6.16. The van der Waals surface area contributed by atoms with Gasteiger partial charge in [-0.15, -0.1) is 0 Å². The number of rotatable bonds is 7. The van der Waals surface area contributed by atoms with Crippen LogP contribution in [0.25, 0.3) is 0 Å². The van der Waals surface area contributed by atoms with E-state index >= 15 is 0 Å². The zero-order valence-corrected chi connectivity index (χ0v) is 24.8. The average Bonchev–Trinajstić information content (AvgIpc) is 3.58. The Kier molecular flexibility index (Phi) is 8.18. The van der Waals surface area contributed by atoms with Gasteiger partial charge in [-0.1, -0.05) is 12.1 Å². The van der Waals surface area contributed by atoms with Gasteiger partial charge in [-0.25, -0.2) is 19.4 Å². The zero-order valence-electron chi connectivity index (χ0n) is 24.8. The minimum atomic E-state index is -1.06. The van der Waals surface area contributed by atoms with Gasteiger partial charge in [-0.05, 0) is 35.9 Å². The van der Waals surface area contributed by atoms with Gasteiger partial charge in [0.25, 0.3) is 11.8 Å². The Morgan fingerprint density at radius 3 is 1.56 bits per heavy atom. The van der Waals surface area contributed by atoms with Crippen LogP contribution in [-0.2, 0) is 38.2 Å². The molecular formula is C33H24N2O13. The molecule has 0 aromatic heterocycles. The van der Waals surface area contributed by atoms with Gasteiger partial charge in [-0.2, -0.15) is 0 Å². The Balaban J connectivity index is 1.36. The van der Waals surface area contributed by atoms with Crippen molar-refractivity contribution >= 4 is 47.4 Å². The summed E-state index contributed by atoms with van der Waals surface area (Å²) in [7, 11) is 0. The van der Waals surface area contributed by atoms with E-state index < -0.39 is 66.5 Å². The van der Waals surface area contributed by atoms with Crippen LogP contribution in [0, 0.1) is 0 Å².